The highest BCUT2D eigenvalue weighted by Crippen LogP contribution is 2.17. The number of anilines is 1. The Bertz CT molecular complexity index is 667. The van der Waals surface area contributed by atoms with Crippen molar-refractivity contribution in [2.45, 2.75) is 0 Å². The van der Waals surface area contributed by atoms with E-state index in [4.69, 9.17) is 14.4 Å². The van der Waals surface area contributed by atoms with E-state index in [1.54, 1.807) is 43.5 Å². The Labute approximate surface area is 116 Å². The molecule has 1 amide bonds. The monoisotopic (exact) mass is 268 g/mol. The molecule has 0 unspecified atom stereocenters. The number of amides is 1. The number of rotatable bonds is 4. The second-order valence-electron chi connectivity index (χ2n) is 3.87. The predicted octanol–water partition coefficient (Wildman–Crippen LogP) is 2.83. The zero-order valence-corrected chi connectivity index (χ0v) is 10.8. The molecule has 5 heteroatoms. The van der Waals surface area contributed by atoms with E-state index < -0.39 is 5.91 Å². The van der Waals surface area contributed by atoms with Gasteiger partial charge in [0, 0.05) is 17.8 Å². The molecule has 2 rings (SSSR count). The van der Waals surface area contributed by atoms with Gasteiger partial charge in [-0.1, -0.05) is 6.07 Å². The van der Waals surface area contributed by atoms with Gasteiger partial charge in [-0.25, -0.2) is 0 Å². The Morgan fingerprint density at radius 1 is 1.40 bits per heavy atom. The van der Waals surface area contributed by atoms with Crippen molar-refractivity contribution in [2.24, 2.45) is 0 Å². The molecule has 1 aromatic heterocycles. The zero-order valence-electron chi connectivity index (χ0n) is 10.8. The summed E-state index contributed by atoms with van der Waals surface area (Å²) in [6.07, 6.45) is 2.86. The second kappa shape index (κ2) is 6.25. The van der Waals surface area contributed by atoms with Crippen LogP contribution in [0.2, 0.25) is 0 Å². The molecule has 0 fully saturated rings. The molecule has 5 nitrogen and oxygen atoms in total. The van der Waals surface area contributed by atoms with Crippen LogP contribution < -0.4 is 10.1 Å². The van der Waals surface area contributed by atoms with Crippen molar-refractivity contribution < 1.29 is 13.9 Å². The van der Waals surface area contributed by atoms with Gasteiger partial charge in [-0.2, -0.15) is 5.26 Å². The van der Waals surface area contributed by atoms with Crippen molar-refractivity contribution in [3.63, 3.8) is 0 Å². The predicted molar refractivity (Wildman–Crippen MR) is 73.9 cm³/mol. The maximum atomic E-state index is 12.0. The van der Waals surface area contributed by atoms with Crippen LogP contribution in [0, 0.1) is 11.3 Å². The Morgan fingerprint density at radius 2 is 2.25 bits per heavy atom. The number of carbonyl (C=O) groups is 1. The van der Waals surface area contributed by atoms with Gasteiger partial charge in [-0.3, -0.25) is 4.79 Å². The highest BCUT2D eigenvalue weighted by atomic mass is 16.5. The van der Waals surface area contributed by atoms with E-state index in [0.717, 1.165) is 0 Å². The molecule has 0 spiro atoms. The first-order valence-corrected chi connectivity index (χ1v) is 5.83. The number of furan rings is 1. The summed E-state index contributed by atoms with van der Waals surface area (Å²) in [4.78, 5) is 12.0. The van der Waals surface area contributed by atoms with E-state index >= 15 is 0 Å². The number of nitrogens with one attached hydrogen (secondary N) is 1. The minimum absolute atomic E-state index is 0.0391. The van der Waals surface area contributed by atoms with Crippen LogP contribution in [0.5, 0.6) is 5.75 Å². The van der Waals surface area contributed by atoms with E-state index in [1.165, 1.54) is 12.3 Å². The third-order valence-electron chi connectivity index (χ3n) is 2.52. The van der Waals surface area contributed by atoms with Gasteiger partial charge < -0.3 is 14.5 Å². The lowest BCUT2D eigenvalue weighted by Crippen LogP contribution is -2.13. The van der Waals surface area contributed by atoms with Crippen LogP contribution >= 0.6 is 0 Å². The summed E-state index contributed by atoms with van der Waals surface area (Å²) in [6.45, 7) is 0. The fourth-order valence-corrected chi connectivity index (χ4v) is 1.56. The summed E-state index contributed by atoms with van der Waals surface area (Å²) in [5.41, 5.74) is 0.512. The summed E-state index contributed by atoms with van der Waals surface area (Å²) in [7, 11) is 1.54. The van der Waals surface area contributed by atoms with E-state index in [9.17, 15) is 4.79 Å². The average Bonchev–Trinajstić information content (AvgIpc) is 2.97. The normalized spacial score (nSPS) is 10.7. The molecular formula is C15H12N2O3. The standard InChI is InChI=1S/C15H12N2O3/c1-19-13-5-2-4-12(9-13)17-15(18)11(10-16)8-14-6-3-7-20-14/h2-9H,1H3,(H,17,18). The van der Waals surface area contributed by atoms with Gasteiger partial charge in [0.25, 0.3) is 5.91 Å². The number of hydrogen-bond donors (Lipinski definition) is 1. The summed E-state index contributed by atoms with van der Waals surface area (Å²) in [5.74, 6) is 0.566. The Balaban J connectivity index is 2.16. The number of carbonyl (C=O) groups excluding carboxylic acids is 1. The van der Waals surface area contributed by atoms with Crippen molar-refractivity contribution in [3.8, 4) is 11.8 Å². The van der Waals surface area contributed by atoms with Gasteiger partial charge in [-0.05, 0) is 24.3 Å². The van der Waals surface area contributed by atoms with Gasteiger partial charge in [-0.15, -0.1) is 0 Å². The van der Waals surface area contributed by atoms with Gasteiger partial charge in [0.1, 0.15) is 23.2 Å². The molecule has 0 saturated heterocycles. The van der Waals surface area contributed by atoms with Crippen LogP contribution in [0.4, 0.5) is 5.69 Å². The zero-order chi connectivity index (χ0) is 14.4. The molecule has 1 aromatic carbocycles. The van der Waals surface area contributed by atoms with Crippen LogP contribution in [0.3, 0.4) is 0 Å². The smallest absolute Gasteiger partial charge is 0.266 e. The summed E-state index contributed by atoms with van der Waals surface area (Å²) < 4.78 is 10.1. The highest BCUT2D eigenvalue weighted by Gasteiger charge is 2.10. The number of methoxy groups -OCH3 is 1. The van der Waals surface area contributed by atoms with Crippen LogP contribution in [0.25, 0.3) is 6.08 Å². The van der Waals surface area contributed by atoms with E-state index in [2.05, 4.69) is 5.32 Å². The van der Waals surface area contributed by atoms with E-state index in [-0.39, 0.29) is 5.57 Å². The third kappa shape index (κ3) is 3.27. The van der Waals surface area contributed by atoms with E-state index in [0.29, 0.717) is 17.2 Å². The molecule has 0 bridgehead atoms. The molecule has 2 aromatic rings. The Hall–Kier alpha value is -3.00. The lowest BCUT2D eigenvalue weighted by molar-refractivity contribution is -0.112. The lowest BCUT2D eigenvalue weighted by atomic mass is 10.2. The van der Waals surface area contributed by atoms with Gasteiger partial charge in [0.2, 0.25) is 0 Å². The van der Waals surface area contributed by atoms with Crippen molar-refractivity contribution in [2.75, 3.05) is 12.4 Å². The summed E-state index contributed by atoms with van der Waals surface area (Å²) in [6, 6.07) is 12.1. The van der Waals surface area contributed by atoms with E-state index in [1.807, 2.05) is 6.07 Å². The fraction of sp³-hybridized carbons (Fsp3) is 0.0667. The van der Waals surface area contributed by atoms with Crippen LogP contribution in [-0.2, 0) is 4.79 Å². The van der Waals surface area contributed by atoms with Crippen LogP contribution in [0.15, 0.2) is 52.7 Å². The highest BCUT2D eigenvalue weighted by molar-refractivity contribution is 6.09. The van der Waals surface area contributed by atoms with Crippen molar-refractivity contribution in [3.05, 3.63) is 54.0 Å². The maximum Gasteiger partial charge on any atom is 0.266 e. The van der Waals surface area contributed by atoms with Crippen LogP contribution in [0.1, 0.15) is 5.76 Å². The topological polar surface area (TPSA) is 75.3 Å². The number of hydrogen-bond acceptors (Lipinski definition) is 4. The maximum absolute atomic E-state index is 12.0. The molecule has 0 atom stereocenters. The van der Waals surface area contributed by atoms with Gasteiger partial charge >= 0.3 is 0 Å². The Kier molecular flexibility index (Phi) is 4.20. The number of benzene rings is 1. The lowest BCUT2D eigenvalue weighted by Gasteiger charge is -2.06. The molecule has 100 valence electrons. The molecule has 0 aliphatic heterocycles. The third-order valence-corrected chi connectivity index (χ3v) is 2.52. The van der Waals surface area contributed by atoms with Gasteiger partial charge in [0.05, 0.1) is 13.4 Å². The number of nitriles is 1. The quantitative estimate of drug-likeness (QED) is 0.683. The SMILES string of the molecule is COc1cccc(NC(=O)C(C#N)=Cc2ccco2)c1. The number of nitrogens with zero attached hydrogens (tertiary/aromatic N) is 1. The minimum atomic E-state index is -0.503. The largest absolute Gasteiger partial charge is 0.497 e. The van der Waals surface area contributed by atoms with Crippen LogP contribution in [-0.4, -0.2) is 13.0 Å². The molecular weight excluding hydrogens is 256 g/mol. The molecule has 1 heterocycles. The fourth-order valence-electron chi connectivity index (χ4n) is 1.56. The second-order valence-corrected chi connectivity index (χ2v) is 3.87. The molecule has 20 heavy (non-hydrogen) atoms. The van der Waals surface area contributed by atoms with Crippen molar-refractivity contribution in [1.82, 2.24) is 0 Å². The minimum Gasteiger partial charge on any atom is -0.497 e. The molecule has 1 N–H and O–H groups in total. The molecule has 0 saturated carbocycles. The molecule has 0 radical (unpaired) electrons. The van der Waals surface area contributed by atoms with Crippen molar-refractivity contribution in [1.29, 1.82) is 5.26 Å². The average molecular weight is 268 g/mol. The Morgan fingerprint density at radius 3 is 2.90 bits per heavy atom. The number of ether oxygens (including phenoxy) is 1. The molecule has 0 aliphatic carbocycles. The summed E-state index contributed by atoms with van der Waals surface area (Å²) in [5, 5.41) is 11.7. The van der Waals surface area contributed by atoms with Crippen molar-refractivity contribution >= 4 is 17.7 Å². The first kappa shape index (κ1) is 13.4. The van der Waals surface area contributed by atoms with Gasteiger partial charge in [0.15, 0.2) is 0 Å². The summed E-state index contributed by atoms with van der Waals surface area (Å²) >= 11 is 0. The first-order chi connectivity index (χ1) is 9.72. The first-order valence-electron chi connectivity index (χ1n) is 5.83. The molecule has 0 aliphatic rings.